The molecule has 3 amide bonds. The van der Waals surface area contributed by atoms with Gasteiger partial charge in [-0.15, -0.1) is 0 Å². The van der Waals surface area contributed by atoms with Gasteiger partial charge >= 0.3 is 0 Å². The molecule has 2 aromatic rings. The Hall–Kier alpha value is -2.65. The standard InChI is InChI=1S/C21H25BrN4O4/c1-14(2)23-19(27)13-25-8-10-26(11-9-25)21(29)15-4-3-5-16(12-15)24-20(28)17-6-7-18(22)30-17/h3-7,12,14H,8-11,13H2,1-2H3,(H,23,27)(H,24,28). The molecule has 0 spiro atoms. The number of hydrogen-bond donors (Lipinski definition) is 2. The number of piperazine rings is 1. The van der Waals surface area contributed by atoms with E-state index < -0.39 is 5.91 Å². The molecular weight excluding hydrogens is 452 g/mol. The Morgan fingerprint density at radius 2 is 1.83 bits per heavy atom. The van der Waals surface area contributed by atoms with Crippen molar-refractivity contribution in [2.24, 2.45) is 0 Å². The van der Waals surface area contributed by atoms with Crippen LogP contribution in [0.25, 0.3) is 0 Å². The molecule has 0 saturated carbocycles. The molecule has 1 aliphatic rings. The van der Waals surface area contributed by atoms with Crippen LogP contribution in [0.15, 0.2) is 45.5 Å². The molecule has 8 nitrogen and oxygen atoms in total. The molecule has 1 fully saturated rings. The molecule has 1 saturated heterocycles. The highest BCUT2D eigenvalue weighted by Crippen LogP contribution is 2.18. The number of amides is 3. The molecule has 1 aromatic carbocycles. The second kappa shape index (κ2) is 9.90. The van der Waals surface area contributed by atoms with Crippen LogP contribution in [0.4, 0.5) is 5.69 Å². The van der Waals surface area contributed by atoms with E-state index in [1.807, 2.05) is 18.7 Å². The summed E-state index contributed by atoms with van der Waals surface area (Å²) in [5, 5.41) is 5.62. The van der Waals surface area contributed by atoms with Crippen LogP contribution in [0, 0.1) is 0 Å². The van der Waals surface area contributed by atoms with Crippen LogP contribution in [0.3, 0.4) is 0 Å². The Labute approximate surface area is 183 Å². The molecule has 2 heterocycles. The Kier molecular flexibility index (Phi) is 7.28. The molecular formula is C21H25BrN4O4. The Bertz CT molecular complexity index is 919. The van der Waals surface area contributed by atoms with Crippen molar-refractivity contribution in [3.63, 3.8) is 0 Å². The topological polar surface area (TPSA) is 94.9 Å². The van der Waals surface area contributed by atoms with Crippen LogP contribution >= 0.6 is 15.9 Å². The Morgan fingerprint density at radius 1 is 1.10 bits per heavy atom. The van der Waals surface area contributed by atoms with Crippen molar-refractivity contribution < 1.29 is 18.8 Å². The molecule has 0 radical (unpaired) electrons. The lowest BCUT2D eigenvalue weighted by Gasteiger charge is -2.34. The first-order chi connectivity index (χ1) is 14.3. The number of nitrogens with zero attached hydrogens (tertiary/aromatic N) is 2. The van der Waals surface area contributed by atoms with Crippen LogP contribution in [-0.2, 0) is 4.79 Å². The summed E-state index contributed by atoms with van der Waals surface area (Å²) in [6.07, 6.45) is 0. The molecule has 0 bridgehead atoms. The van der Waals surface area contributed by atoms with E-state index in [4.69, 9.17) is 4.42 Å². The number of benzene rings is 1. The zero-order valence-electron chi connectivity index (χ0n) is 17.0. The monoisotopic (exact) mass is 476 g/mol. The van der Waals surface area contributed by atoms with Gasteiger partial charge in [-0.05, 0) is 60.1 Å². The summed E-state index contributed by atoms with van der Waals surface area (Å²) >= 11 is 3.17. The molecule has 0 unspecified atom stereocenters. The minimum Gasteiger partial charge on any atom is -0.444 e. The first-order valence-corrected chi connectivity index (χ1v) is 10.6. The minimum absolute atomic E-state index is 0.00296. The number of rotatable bonds is 6. The van der Waals surface area contributed by atoms with E-state index in [0.29, 0.717) is 48.6 Å². The number of furan rings is 1. The van der Waals surface area contributed by atoms with Crippen molar-refractivity contribution in [3.8, 4) is 0 Å². The van der Waals surface area contributed by atoms with Crippen molar-refractivity contribution in [2.45, 2.75) is 19.9 Å². The number of halogens is 1. The van der Waals surface area contributed by atoms with Crippen LogP contribution < -0.4 is 10.6 Å². The summed E-state index contributed by atoms with van der Waals surface area (Å²) in [6.45, 7) is 6.57. The second-order valence-corrected chi connectivity index (χ2v) is 8.21. The molecule has 1 aromatic heterocycles. The highest BCUT2D eigenvalue weighted by Gasteiger charge is 2.23. The molecule has 0 aliphatic carbocycles. The number of anilines is 1. The molecule has 3 rings (SSSR count). The highest BCUT2D eigenvalue weighted by atomic mass is 79.9. The minimum atomic E-state index is -0.390. The smallest absolute Gasteiger partial charge is 0.291 e. The van der Waals surface area contributed by atoms with E-state index in [1.54, 1.807) is 41.3 Å². The Morgan fingerprint density at radius 3 is 2.47 bits per heavy atom. The summed E-state index contributed by atoms with van der Waals surface area (Å²) in [5.74, 6) is -0.315. The lowest BCUT2D eigenvalue weighted by molar-refractivity contribution is -0.123. The fraction of sp³-hybridized carbons (Fsp3) is 0.381. The third kappa shape index (κ3) is 5.93. The number of nitrogens with one attached hydrogen (secondary N) is 2. The van der Waals surface area contributed by atoms with Crippen LogP contribution in [0.2, 0.25) is 0 Å². The highest BCUT2D eigenvalue weighted by molar-refractivity contribution is 9.10. The van der Waals surface area contributed by atoms with Crippen molar-refractivity contribution in [3.05, 3.63) is 52.4 Å². The first-order valence-electron chi connectivity index (χ1n) is 9.79. The Balaban J connectivity index is 1.55. The van der Waals surface area contributed by atoms with Crippen molar-refractivity contribution >= 4 is 39.3 Å². The van der Waals surface area contributed by atoms with Gasteiger partial charge in [0.25, 0.3) is 11.8 Å². The summed E-state index contributed by atoms with van der Waals surface area (Å²) in [5.41, 5.74) is 1.02. The van der Waals surface area contributed by atoms with Crippen LogP contribution in [0.1, 0.15) is 34.8 Å². The fourth-order valence-electron chi connectivity index (χ4n) is 3.22. The van der Waals surface area contributed by atoms with Gasteiger partial charge in [-0.3, -0.25) is 19.3 Å². The van der Waals surface area contributed by atoms with Gasteiger partial charge in [-0.1, -0.05) is 6.07 Å². The summed E-state index contributed by atoms with van der Waals surface area (Å²) in [6, 6.07) is 10.1. The van der Waals surface area contributed by atoms with E-state index in [-0.39, 0.29) is 23.6 Å². The van der Waals surface area contributed by atoms with Gasteiger partial charge in [-0.25, -0.2) is 0 Å². The van der Waals surface area contributed by atoms with Gasteiger partial charge in [0, 0.05) is 43.5 Å². The van der Waals surface area contributed by atoms with Crippen LogP contribution in [-0.4, -0.2) is 66.3 Å². The number of carbonyl (C=O) groups excluding carboxylic acids is 3. The predicted molar refractivity (Wildman–Crippen MR) is 116 cm³/mol. The maximum absolute atomic E-state index is 12.9. The van der Waals surface area contributed by atoms with Gasteiger partial charge in [0.15, 0.2) is 10.4 Å². The maximum Gasteiger partial charge on any atom is 0.291 e. The van der Waals surface area contributed by atoms with Crippen molar-refractivity contribution in [1.82, 2.24) is 15.1 Å². The molecule has 2 N–H and O–H groups in total. The average Bonchev–Trinajstić information content (AvgIpc) is 3.14. The molecule has 30 heavy (non-hydrogen) atoms. The summed E-state index contributed by atoms with van der Waals surface area (Å²) in [4.78, 5) is 40.8. The van der Waals surface area contributed by atoms with E-state index in [0.717, 1.165) is 0 Å². The lowest BCUT2D eigenvalue weighted by Crippen LogP contribution is -2.51. The average molecular weight is 477 g/mol. The summed E-state index contributed by atoms with van der Waals surface area (Å²) < 4.78 is 5.72. The number of hydrogen-bond acceptors (Lipinski definition) is 5. The van der Waals surface area contributed by atoms with E-state index >= 15 is 0 Å². The lowest BCUT2D eigenvalue weighted by atomic mass is 10.1. The van der Waals surface area contributed by atoms with Gasteiger partial charge in [0.2, 0.25) is 5.91 Å². The SMILES string of the molecule is CC(C)NC(=O)CN1CCN(C(=O)c2cccc(NC(=O)c3ccc(Br)o3)c2)CC1. The van der Waals surface area contributed by atoms with Crippen molar-refractivity contribution in [1.29, 1.82) is 0 Å². The number of carbonyl (C=O) groups is 3. The van der Waals surface area contributed by atoms with Gasteiger partial charge in [-0.2, -0.15) is 0 Å². The second-order valence-electron chi connectivity index (χ2n) is 7.43. The third-order valence-corrected chi connectivity index (χ3v) is 5.07. The fourth-order valence-corrected chi connectivity index (χ4v) is 3.53. The van der Waals surface area contributed by atoms with Gasteiger partial charge in [0.05, 0.1) is 6.54 Å². The largest absolute Gasteiger partial charge is 0.444 e. The van der Waals surface area contributed by atoms with Crippen molar-refractivity contribution in [2.75, 3.05) is 38.0 Å². The van der Waals surface area contributed by atoms with Crippen LogP contribution in [0.5, 0.6) is 0 Å². The van der Waals surface area contributed by atoms with E-state index in [9.17, 15) is 14.4 Å². The first kappa shape index (κ1) is 22.0. The third-order valence-electron chi connectivity index (χ3n) is 4.64. The van der Waals surface area contributed by atoms with Gasteiger partial charge in [0.1, 0.15) is 0 Å². The predicted octanol–water partition coefficient (Wildman–Crippen LogP) is 2.58. The van der Waals surface area contributed by atoms with E-state index in [2.05, 4.69) is 26.6 Å². The molecule has 160 valence electrons. The molecule has 9 heteroatoms. The zero-order chi connectivity index (χ0) is 21.7. The normalized spacial score (nSPS) is 14.6. The zero-order valence-corrected chi connectivity index (χ0v) is 18.6. The van der Waals surface area contributed by atoms with Gasteiger partial charge < -0.3 is 20.0 Å². The molecule has 1 aliphatic heterocycles. The quantitative estimate of drug-likeness (QED) is 0.667. The summed E-state index contributed by atoms with van der Waals surface area (Å²) in [7, 11) is 0. The van der Waals surface area contributed by atoms with E-state index in [1.165, 1.54) is 0 Å². The molecule has 0 atom stereocenters. The maximum atomic E-state index is 12.9.